The maximum atomic E-state index is 14.8. The van der Waals surface area contributed by atoms with Gasteiger partial charge in [-0.25, -0.2) is 4.39 Å². The van der Waals surface area contributed by atoms with E-state index in [0.29, 0.717) is 0 Å². The van der Waals surface area contributed by atoms with Gasteiger partial charge >= 0.3 is 29.7 Å². The van der Waals surface area contributed by atoms with Gasteiger partial charge < -0.3 is 28.8 Å². The van der Waals surface area contributed by atoms with Crippen LogP contribution in [0.4, 0.5) is 4.39 Å². The summed E-state index contributed by atoms with van der Waals surface area (Å²) in [6, 6.07) is 0. The van der Waals surface area contributed by atoms with Gasteiger partial charge in [0, 0.05) is 27.7 Å². The van der Waals surface area contributed by atoms with Crippen molar-refractivity contribution < 1.29 is 52.4 Å². The molecule has 0 aliphatic carbocycles. The molecule has 5 atom stereocenters. The van der Waals surface area contributed by atoms with Crippen LogP contribution in [0.25, 0.3) is 0 Å². The summed E-state index contributed by atoms with van der Waals surface area (Å²) in [5, 5.41) is 10.0. The van der Waals surface area contributed by atoms with E-state index in [9.17, 15) is 28.7 Å². The van der Waals surface area contributed by atoms with Crippen LogP contribution in [0.5, 0.6) is 0 Å². The molecule has 142 valence electrons. The highest BCUT2D eigenvalue weighted by molar-refractivity contribution is 5.68. The molecular weight excluding hydrogens is 346 g/mol. The van der Waals surface area contributed by atoms with Crippen molar-refractivity contribution in [1.82, 2.24) is 0 Å². The van der Waals surface area contributed by atoms with Crippen LogP contribution in [0.15, 0.2) is 0 Å². The van der Waals surface area contributed by atoms with E-state index in [1.807, 2.05) is 0 Å². The standard InChI is InChI=1S/C14H19FO10/c1-6(16)21-5-10-11(22-7(2)17)12(23-8(3)18)14(15,20)13(25-10)24-9(4)19/h10-13,20H,5H2,1-4H3/t10-,11-,12+,13-,14-/m1/s1/i15-1. The molecule has 1 saturated heterocycles. The van der Waals surface area contributed by atoms with Crippen molar-refractivity contribution in [3.63, 3.8) is 0 Å². The number of rotatable bonds is 5. The molecule has 1 aliphatic heterocycles. The van der Waals surface area contributed by atoms with E-state index in [4.69, 9.17) is 18.9 Å². The molecule has 1 fully saturated rings. The van der Waals surface area contributed by atoms with Crippen LogP contribution in [0.2, 0.25) is 0 Å². The molecule has 0 saturated carbocycles. The molecule has 0 spiro atoms. The fourth-order valence-electron chi connectivity index (χ4n) is 2.14. The van der Waals surface area contributed by atoms with Crippen molar-refractivity contribution >= 4 is 23.9 Å². The Morgan fingerprint density at radius 1 is 0.960 bits per heavy atom. The van der Waals surface area contributed by atoms with Gasteiger partial charge in [0.2, 0.25) is 6.10 Å². The number of carbonyl (C=O) groups is 4. The molecule has 10 nitrogen and oxygen atoms in total. The molecule has 1 heterocycles. The smallest absolute Gasteiger partial charge is 0.310 e. The summed E-state index contributed by atoms with van der Waals surface area (Å²) in [4.78, 5) is 44.6. The van der Waals surface area contributed by atoms with Gasteiger partial charge in [-0.05, 0) is 0 Å². The first-order valence-corrected chi connectivity index (χ1v) is 7.17. The predicted molar refractivity (Wildman–Crippen MR) is 74.2 cm³/mol. The summed E-state index contributed by atoms with van der Waals surface area (Å²) < 4.78 is 38.7. The van der Waals surface area contributed by atoms with Crippen LogP contribution in [-0.2, 0) is 42.9 Å². The minimum atomic E-state index is -3.52. The lowest BCUT2D eigenvalue weighted by molar-refractivity contribution is -0.371. The van der Waals surface area contributed by atoms with Gasteiger partial charge in [0.1, 0.15) is 12.7 Å². The molecule has 1 aliphatic rings. The Morgan fingerprint density at radius 2 is 1.48 bits per heavy atom. The number of hydrogen-bond acceptors (Lipinski definition) is 10. The van der Waals surface area contributed by atoms with E-state index < -0.39 is 60.9 Å². The fourth-order valence-corrected chi connectivity index (χ4v) is 2.14. The average Bonchev–Trinajstić information content (AvgIpc) is 2.43. The van der Waals surface area contributed by atoms with E-state index in [2.05, 4.69) is 4.74 Å². The number of ether oxygens (including phenoxy) is 5. The quantitative estimate of drug-likeness (QED) is 0.495. The third-order valence-corrected chi connectivity index (χ3v) is 3.01. The van der Waals surface area contributed by atoms with E-state index in [-0.39, 0.29) is 0 Å². The first kappa shape index (κ1) is 20.8. The molecule has 0 radical (unpaired) electrons. The van der Waals surface area contributed by atoms with Gasteiger partial charge in [0.05, 0.1) is 0 Å². The predicted octanol–water partition coefficient (Wildman–Crippen LogP) is -0.641. The van der Waals surface area contributed by atoms with E-state index in [1.165, 1.54) is 0 Å². The third-order valence-electron chi connectivity index (χ3n) is 3.01. The van der Waals surface area contributed by atoms with Crippen molar-refractivity contribution in [3.05, 3.63) is 0 Å². The molecule has 1 N–H and O–H groups in total. The molecule has 25 heavy (non-hydrogen) atoms. The number of esters is 4. The van der Waals surface area contributed by atoms with E-state index in [1.54, 1.807) is 0 Å². The van der Waals surface area contributed by atoms with Gasteiger partial charge in [0.15, 0.2) is 6.10 Å². The Balaban J connectivity index is 3.22. The molecule has 0 amide bonds. The summed E-state index contributed by atoms with van der Waals surface area (Å²) in [5.41, 5.74) is 0. The van der Waals surface area contributed by atoms with Crippen molar-refractivity contribution in [1.29, 1.82) is 0 Å². The van der Waals surface area contributed by atoms with Crippen LogP contribution in [0, 0.1) is 0 Å². The van der Waals surface area contributed by atoms with Crippen LogP contribution in [0.3, 0.4) is 0 Å². The van der Waals surface area contributed by atoms with Gasteiger partial charge in [-0.1, -0.05) is 0 Å². The highest BCUT2D eigenvalue weighted by Crippen LogP contribution is 2.36. The first-order valence-electron chi connectivity index (χ1n) is 7.17. The summed E-state index contributed by atoms with van der Waals surface area (Å²) >= 11 is 0. The van der Waals surface area contributed by atoms with Crippen molar-refractivity contribution in [2.75, 3.05) is 6.61 Å². The van der Waals surface area contributed by atoms with Crippen molar-refractivity contribution in [3.8, 4) is 0 Å². The molecule has 0 bridgehead atoms. The maximum absolute atomic E-state index is 14.8. The number of carbonyl (C=O) groups excluding carboxylic acids is 4. The Kier molecular flexibility index (Phi) is 6.82. The van der Waals surface area contributed by atoms with Gasteiger partial charge in [-0.3, -0.25) is 19.2 Å². The Morgan fingerprint density at radius 3 is 1.92 bits per heavy atom. The number of hydrogen-bond donors (Lipinski definition) is 1. The summed E-state index contributed by atoms with van der Waals surface area (Å²) in [5.74, 6) is -7.16. The lowest BCUT2D eigenvalue weighted by Crippen LogP contribution is -2.67. The lowest BCUT2D eigenvalue weighted by atomic mass is 9.96. The zero-order valence-corrected chi connectivity index (χ0v) is 14.0. The Hall–Kier alpha value is -2.27. The average molecular weight is 365 g/mol. The first-order chi connectivity index (χ1) is 11.4. The molecule has 0 aromatic carbocycles. The normalized spacial score (nSPS) is 31.6. The molecule has 0 unspecified atom stereocenters. The lowest BCUT2D eigenvalue weighted by Gasteiger charge is -2.45. The summed E-state index contributed by atoms with van der Waals surface area (Å²) in [6.07, 6.45) is -7.34. The number of alkyl halides is 1. The van der Waals surface area contributed by atoms with Crippen LogP contribution >= 0.6 is 0 Å². The Bertz CT molecular complexity index is 546. The van der Waals surface area contributed by atoms with Crippen molar-refractivity contribution in [2.45, 2.75) is 58.2 Å². The third kappa shape index (κ3) is 5.64. The molecule has 1 rings (SSSR count). The van der Waals surface area contributed by atoms with Crippen LogP contribution in [-0.4, -0.2) is 66.0 Å². The monoisotopic (exact) mass is 365 g/mol. The van der Waals surface area contributed by atoms with Crippen molar-refractivity contribution in [2.24, 2.45) is 0 Å². The second-order valence-electron chi connectivity index (χ2n) is 5.25. The second-order valence-corrected chi connectivity index (χ2v) is 5.25. The molecular formula is C14H19FO10. The highest BCUT2D eigenvalue weighted by Gasteiger charge is 2.62. The van der Waals surface area contributed by atoms with Crippen LogP contribution < -0.4 is 0 Å². The molecule has 0 aromatic heterocycles. The molecule has 0 aromatic rings. The minimum absolute atomic E-state index is 0.543. The Labute approximate surface area is 142 Å². The SMILES string of the molecule is CC(=O)OC[C@H]1O[C@@H](OC(C)=O)[C@@](O)([18F])[C@@H](OC(C)=O)[C@@H]1OC(C)=O. The minimum Gasteiger partial charge on any atom is -0.463 e. The van der Waals surface area contributed by atoms with Gasteiger partial charge in [-0.2, -0.15) is 0 Å². The van der Waals surface area contributed by atoms with Gasteiger partial charge in [0.25, 0.3) is 6.29 Å². The summed E-state index contributed by atoms with van der Waals surface area (Å²) in [7, 11) is 0. The molecule has 11 heteroatoms. The summed E-state index contributed by atoms with van der Waals surface area (Å²) in [6.45, 7) is 3.39. The van der Waals surface area contributed by atoms with Gasteiger partial charge in [-0.15, -0.1) is 0 Å². The number of halogens is 1. The van der Waals surface area contributed by atoms with E-state index in [0.717, 1.165) is 27.7 Å². The largest absolute Gasteiger partial charge is 0.463 e. The number of aliphatic hydroxyl groups is 1. The topological polar surface area (TPSA) is 135 Å². The zero-order valence-electron chi connectivity index (χ0n) is 14.0. The van der Waals surface area contributed by atoms with E-state index >= 15 is 0 Å². The maximum Gasteiger partial charge on any atom is 0.310 e. The van der Waals surface area contributed by atoms with Crippen LogP contribution in [0.1, 0.15) is 27.7 Å². The highest BCUT2D eigenvalue weighted by atomic mass is 18.2. The zero-order chi connectivity index (χ0) is 19.4. The fraction of sp³-hybridized carbons (Fsp3) is 0.714. The second kappa shape index (κ2) is 8.21.